The van der Waals surface area contributed by atoms with Gasteiger partial charge in [0.1, 0.15) is 39.7 Å². The zero-order valence-corrected chi connectivity index (χ0v) is 18.0. The molecule has 0 spiro atoms. The van der Waals surface area contributed by atoms with Gasteiger partial charge in [0.05, 0.1) is 17.7 Å². The standard InChI is InChI=1S/C25H24O7/c1-13(2)4-6-17-22(30)21-19(29)11-20-16(8-9-25(3,12-26)32-20)24(21)31-23(17)15-7-5-14(27)10-18(15)28/h4-5,7-11,26-29H,6,12H2,1-3H3. The number of rotatable bonds is 4. The van der Waals surface area contributed by atoms with E-state index in [0.29, 0.717) is 5.56 Å². The van der Waals surface area contributed by atoms with Gasteiger partial charge in [-0.3, -0.25) is 4.79 Å². The molecular weight excluding hydrogens is 412 g/mol. The predicted octanol–water partition coefficient (Wildman–Crippen LogP) is 4.24. The van der Waals surface area contributed by atoms with Crippen LogP contribution in [0.1, 0.15) is 31.9 Å². The van der Waals surface area contributed by atoms with E-state index in [-0.39, 0.29) is 63.9 Å². The van der Waals surface area contributed by atoms with Crippen molar-refractivity contribution in [2.24, 2.45) is 0 Å². The van der Waals surface area contributed by atoms with Crippen LogP contribution < -0.4 is 10.2 Å². The Morgan fingerprint density at radius 1 is 1.12 bits per heavy atom. The number of fused-ring (bicyclic) bond motifs is 3. The lowest BCUT2D eigenvalue weighted by molar-refractivity contribution is 0.0640. The SMILES string of the molecule is CC(C)=CCc1c(-c2ccc(O)cc2O)oc2c3c(cc(O)c2c1=O)OC(C)(CO)C=C3. The highest BCUT2D eigenvalue weighted by Crippen LogP contribution is 2.42. The molecular formula is C25H24O7. The van der Waals surface area contributed by atoms with E-state index in [1.54, 1.807) is 19.1 Å². The Balaban J connectivity index is 2.08. The van der Waals surface area contributed by atoms with Crippen LogP contribution >= 0.6 is 0 Å². The fraction of sp³-hybridized carbons (Fsp3) is 0.240. The summed E-state index contributed by atoms with van der Waals surface area (Å²) in [5.74, 6) is -0.290. The van der Waals surface area contributed by atoms with Gasteiger partial charge in [0.15, 0.2) is 5.58 Å². The van der Waals surface area contributed by atoms with Crippen molar-refractivity contribution in [3.05, 3.63) is 63.3 Å². The summed E-state index contributed by atoms with van der Waals surface area (Å²) in [5, 5.41) is 40.4. The third kappa shape index (κ3) is 3.61. The van der Waals surface area contributed by atoms with E-state index < -0.39 is 11.0 Å². The van der Waals surface area contributed by atoms with Crippen LogP contribution in [0.15, 0.2) is 51.2 Å². The van der Waals surface area contributed by atoms with Crippen LogP contribution in [0, 0.1) is 0 Å². The second kappa shape index (κ2) is 7.76. The Bertz CT molecular complexity index is 1340. The van der Waals surface area contributed by atoms with E-state index in [1.807, 2.05) is 19.9 Å². The van der Waals surface area contributed by atoms with Crippen LogP contribution in [0.25, 0.3) is 28.4 Å². The molecule has 7 heteroatoms. The van der Waals surface area contributed by atoms with Gasteiger partial charge in [0.25, 0.3) is 0 Å². The number of hydrogen-bond acceptors (Lipinski definition) is 7. The zero-order valence-electron chi connectivity index (χ0n) is 18.0. The van der Waals surface area contributed by atoms with Gasteiger partial charge < -0.3 is 29.6 Å². The van der Waals surface area contributed by atoms with Crippen molar-refractivity contribution in [3.8, 4) is 34.3 Å². The molecule has 4 N–H and O–H groups in total. The van der Waals surface area contributed by atoms with Gasteiger partial charge in [0.2, 0.25) is 5.43 Å². The molecule has 1 aliphatic heterocycles. The van der Waals surface area contributed by atoms with Crippen LogP contribution in [-0.4, -0.2) is 32.6 Å². The number of ether oxygens (including phenoxy) is 1. The van der Waals surface area contributed by atoms with Crippen LogP contribution in [0.3, 0.4) is 0 Å². The molecule has 1 aliphatic rings. The smallest absolute Gasteiger partial charge is 0.200 e. The van der Waals surface area contributed by atoms with Crippen LogP contribution in [0.4, 0.5) is 0 Å². The highest BCUT2D eigenvalue weighted by atomic mass is 16.5. The molecule has 2 aromatic carbocycles. The van der Waals surface area contributed by atoms with Gasteiger partial charge in [-0.1, -0.05) is 11.6 Å². The molecule has 4 rings (SSSR count). The second-order valence-corrected chi connectivity index (χ2v) is 8.34. The Morgan fingerprint density at radius 2 is 1.88 bits per heavy atom. The molecule has 2 heterocycles. The van der Waals surface area contributed by atoms with Crippen molar-refractivity contribution in [2.75, 3.05) is 6.61 Å². The fourth-order valence-corrected chi connectivity index (χ4v) is 3.67. The Labute approximate surface area is 184 Å². The van der Waals surface area contributed by atoms with Gasteiger partial charge in [-0.15, -0.1) is 0 Å². The minimum atomic E-state index is -0.977. The number of phenolic OH excluding ortho intramolecular Hbond substituents is 3. The van der Waals surface area contributed by atoms with Gasteiger partial charge in [0, 0.05) is 17.7 Å². The normalized spacial score (nSPS) is 17.1. The van der Waals surface area contributed by atoms with Gasteiger partial charge in [-0.05, 0) is 51.5 Å². The van der Waals surface area contributed by atoms with E-state index >= 15 is 0 Å². The molecule has 1 unspecified atom stereocenters. The molecule has 0 aliphatic carbocycles. The number of phenols is 3. The van der Waals surface area contributed by atoms with E-state index in [1.165, 1.54) is 18.2 Å². The maximum atomic E-state index is 13.5. The first-order valence-electron chi connectivity index (χ1n) is 10.1. The highest BCUT2D eigenvalue weighted by molar-refractivity contribution is 5.95. The van der Waals surface area contributed by atoms with E-state index in [2.05, 4.69) is 0 Å². The minimum Gasteiger partial charge on any atom is -0.508 e. The molecule has 3 aromatic rings. The van der Waals surface area contributed by atoms with Gasteiger partial charge >= 0.3 is 0 Å². The first kappa shape index (κ1) is 21.5. The lowest BCUT2D eigenvalue weighted by Crippen LogP contribution is -2.35. The van der Waals surface area contributed by atoms with Crippen LogP contribution in [-0.2, 0) is 6.42 Å². The van der Waals surface area contributed by atoms with Crippen LogP contribution in [0.2, 0.25) is 0 Å². The molecule has 32 heavy (non-hydrogen) atoms. The number of aromatic hydroxyl groups is 3. The zero-order chi connectivity index (χ0) is 23.2. The summed E-state index contributed by atoms with van der Waals surface area (Å²) in [4.78, 5) is 13.5. The second-order valence-electron chi connectivity index (χ2n) is 8.34. The largest absolute Gasteiger partial charge is 0.508 e. The summed E-state index contributed by atoms with van der Waals surface area (Å²) < 4.78 is 12.0. The maximum absolute atomic E-state index is 13.5. The number of aliphatic hydroxyl groups is 1. The molecule has 0 bridgehead atoms. The Hall–Kier alpha value is -3.71. The average molecular weight is 436 g/mol. The summed E-state index contributed by atoms with van der Waals surface area (Å²) in [6, 6.07) is 5.36. The lowest BCUT2D eigenvalue weighted by atomic mass is 9.96. The van der Waals surface area contributed by atoms with Crippen molar-refractivity contribution >= 4 is 17.0 Å². The molecule has 0 radical (unpaired) electrons. The van der Waals surface area contributed by atoms with Gasteiger partial charge in [-0.2, -0.15) is 0 Å². The summed E-state index contributed by atoms with van der Waals surface area (Å²) in [7, 11) is 0. The molecule has 1 aromatic heterocycles. The summed E-state index contributed by atoms with van der Waals surface area (Å²) in [6.07, 6.45) is 5.41. The summed E-state index contributed by atoms with van der Waals surface area (Å²) >= 11 is 0. The summed E-state index contributed by atoms with van der Waals surface area (Å²) in [6.45, 7) is 5.20. The first-order chi connectivity index (χ1) is 15.1. The van der Waals surface area contributed by atoms with Crippen LogP contribution in [0.5, 0.6) is 23.0 Å². The molecule has 0 fully saturated rings. The molecule has 1 atom stereocenters. The third-order valence-electron chi connectivity index (χ3n) is 5.44. The Morgan fingerprint density at radius 3 is 2.53 bits per heavy atom. The van der Waals surface area contributed by atoms with Crippen molar-refractivity contribution in [1.82, 2.24) is 0 Å². The number of allylic oxidation sites excluding steroid dienone is 2. The van der Waals surface area contributed by atoms with Gasteiger partial charge in [-0.25, -0.2) is 0 Å². The molecule has 166 valence electrons. The van der Waals surface area contributed by atoms with E-state index in [9.17, 15) is 25.2 Å². The maximum Gasteiger partial charge on any atom is 0.200 e. The lowest BCUT2D eigenvalue weighted by Gasteiger charge is -2.30. The Kier molecular flexibility index (Phi) is 5.22. The molecule has 7 nitrogen and oxygen atoms in total. The summed E-state index contributed by atoms with van der Waals surface area (Å²) in [5.41, 5.74) is 0.608. The molecule has 0 saturated heterocycles. The monoisotopic (exact) mass is 436 g/mol. The third-order valence-corrected chi connectivity index (χ3v) is 5.44. The van der Waals surface area contributed by atoms with E-state index in [4.69, 9.17) is 9.15 Å². The van der Waals surface area contributed by atoms with Crippen molar-refractivity contribution < 1.29 is 29.6 Å². The van der Waals surface area contributed by atoms with Crippen molar-refractivity contribution in [2.45, 2.75) is 32.8 Å². The average Bonchev–Trinajstić information content (AvgIpc) is 2.72. The highest BCUT2D eigenvalue weighted by Gasteiger charge is 2.30. The minimum absolute atomic E-state index is 0.00350. The quantitative estimate of drug-likeness (QED) is 0.452. The fourth-order valence-electron chi connectivity index (χ4n) is 3.67. The number of benzene rings is 2. The van der Waals surface area contributed by atoms with E-state index in [0.717, 1.165) is 11.6 Å². The molecule has 0 amide bonds. The van der Waals surface area contributed by atoms with Crippen molar-refractivity contribution in [1.29, 1.82) is 0 Å². The van der Waals surface area contributed by atoms with Crippen molar-refractivity contribution in [3.63, 3.8) is 0 Å². The number of aliphatic hydroxyl groups excluding tert-OH is 1. The topological polar surface area (TPSA) is 120 Å². The number of hydrogen-bond donors (Lipinski definition) is 4. The first-order valence-corrected chi connectivity index (χ1v) is 10.1. The predicted molar refractivity (Wildman–Crippen MR) is 121 cm³/mol. The molecule has 0 saturated carbocycles.